The van der Waals surface area contributed by atoms with Crippen LogP contribution in [0.5, 0.6) is 0 Å². The number of fused-ring (bicyclic) bond motifs is 1. The van der Waals surface area contributed by atoms with E-state index in [-0.39, 0.29) is 5.92 Å². The molecular weight excluding hydrogens is 236 g/mol. The van der Waals surface area contributed by atoms with Gasteiger partial charge in [-0.3, -0.25) is 0 Å². The van der Waals surface area contributed by atoms with Gasteiger partial charge in [0.2, 0.25) is 0 Å². The second kappa shape index (κ2) is 4.73. The smallest absolute Gasteiger partial charge is 0.331 e. The van der Waals surface area contributed by atoms with Crippen molar-refractivity contribution in [1.82, 2.24) is 0 Å². The van der Waals surface area contributed by atoms with Crippen molar-refractivity contribution in [2.75, 3.05) is 0 Å². The first-order chi connectivity index (χ1) is 9.25. The van der Waals surface area contributed by atoms with Crippen molar-refractivity contribution < 1.29 is 9.90 Å². The van der Waals surface area contributed by atoms with Crippen LogP contribution in [0.1, 0.15) is 29.0 Å². The van der Waals surface area contributed by atoms with Crippen LogP contribution in [-0.4, -0.2) is 11.1 Å². The molecule has 0 saturated carbocycles. The van der Waals surface area contributed by atoms with Crippen LogP contribution in [0.4, 0.5) is 0 Å². The number of hydrogen-bond donors (Lipinski definition) is 1. The lowest BCUT2D eigenvalue weighted by Gasteiger charge is -2.24. The average Bonchev–Trinajstić information content (AvgIpc) is 2.47. The summed E-state index contributed by atoms with van der Waals surface area (Å²) in [4.78, 5) is 11.3. The molecule has 0 aromatic heterocycles. The molecule has 0 aliphatic heterocycles. The van der Waals surface area contributed by atoms with E-state index in [2.05, 4.69) is 18.2 Å². The Kier molecular flexibility index (Phi) is 2.92. The normalized spacial score (nSPS) is 17.5. The summed E-state index contributed by atoms with van der Waals surface area (Å²) in [6, 6.07) is 18.1. The van der Waals surface area contributed by atoms with Gasteiger partial charge in [0.25, 0.3) is 0 Å². The van der Waals surface area contributed by atoms with Gasteiger partial charge in [-0.05, 0) is 29.2 Å². The van der Waals surface area contributed by atoms with Crippen LogP contribution in [0.25, 0.3) is 6.08 Å². The number of rotatable bonds is 2. The van der Waals surface area contributed by atoms with Crippen LogP contribution in [0, 0.1) is 0 Å². The second-order valence-corrected chi connectivity index (χ2v) is 4.77. The zero-order valence-electron chi connectivity index (χ0n) is 10.4. The molecule has 19 heavy (non-hydrogen) atoms. The van der Waals surface area contributed by atoms with Gasteiger partial charge in [-0.15, -0.1) is 0 Å². The van der Waals surface area contributed by atoms with Crippen LogP contribution in [0.15, 0.2) is 60.2 Å². The van der Waals surface area contributed by atoms with E-state index in [1.807, 2.05) is 36.4 Å². The lowest BCUT2D eigenvalue weighted by atomic mass is 9.79. The van der Waals surface area contributed by atoms with E-state index in [9.17, 15) is 9.90 Å². The van der Waals surface area contributed by atoms with Gasteiger partial charge in [-0.1, -0.05) is 54.6 Å². The monoisotopic (exact) mass is 250 g/mol. The second-order valence-electron chi connectivity index (χ2n) is 4.77. The fourth-order valence-corrected chi connectivity index (χ4v) is 2.67. The number of carboxylic acids is 1. The summed E-state index contributed by atoms with van der Waals surface area (Å²) < 4.78 is 0. The number of benzene rings is 2. The molecular formula is C17H14O2. The molecule has 1 atom stereocenters. The molecule has 0 heterocycles. The van der Waals surface area contributed by atoms with Crippen molar-refractivity contribution in [3.63, 3.8) is 0 Å². The Hall–Kier alpha value is -2.35. The summed E-state index contributed by atoms with van der Waals surface area (Å²) in [7, 11) is 0. The van der Waals surface area contributed by atoms with Crippen molar-refractivity contribution in [3.8, 4) is 0 Å². The molecule has 0 amide bonds. The minimum absolute atomic E-state index is 0.133. The molecule has 2 nitrogen and oxygen atoms in total. The van der Waals surface area contributed by atoms with Crippen molar-refractivity contribution in [3.05, 3.63) is 76.9 Å². The molecule has 0 radical (unpaired) electrons. The maximum Gasteiger partial charge on any atom is 0.331 e. The first-order valence-corrected chi connectivity index (χ1v) is 6.33. The van der Waals surface area contributed by atoms with E-state index in [1.165, 1.54) is 11.1 Å². The Morgan fingerprint density at radius 2 is 1.68 bits per heavy atom. The molecule has 1 N–H and O–H groups in total. The van der Waals surface area contributed by atoms with E-state index in [0.29, 0.717) is 12.0 Å². The molecule has 2 aromatic carbocycles. The van der Waals surface area contributed by atoms with Crippen molar-refractivity contribution >= 4 is 12.0 Å². The zero-order valence-corrected chi connectivity index (χ0v) is 10.4. The van der Waals surface area contributed by atoms with E-state index in [0.717, 1.165) is 5.56 Å². The summed E-state index contributed by atoms with van der Waals surface area (Å²) in [6.07, 6.45) is 2.34. The van der Waals surface area contributed by atoms with Gasteiger partial charge in [0.15, 0.2) is 0 Å². The van der Waals surface area contributed by atoms with Crippen LogP contribution in [0.3, 0.4) is 0 Å². The number of hydrogen-bond acceptors (Lipinski definition) is 1. The quantitative estimate of drug-likeness (QED) is 0.882. The maximum absolute atomic E-state index is 11.3. The van der Waals surface area contributed by atoms with Gasteiger partial charge in [-0.2, -0.15) is 0 Å². The Labute approximate surface area is 112 Å². The maximum atomic E-state index is 11.3. The minimum Gasteiger partial charge on any atom is -0.478 e. The van der Waals surface area contributed by atoms with E-state index in [4.69, 9.17) is 0 Å². The molecule has 2 aromatic rings. The summed E-state index contributed by atoms with van der Waals surface area (Å²) in [5.74, 6) is -0.691. The van der Waals surface area contributed by atoms with Gasteiger partial charge >= 0.3 is 5.97 Å². The van der Waals surface area contributed by atoms with Gasteiger partial charge < -0.3 is 5.11 Å². The van der Waals surface area contributed by atoms with Gasteiger partial charge in [0.05, 0.1) is 0 Å². The van der Waals surface area contributed by atoms with E-state index < -0.39 is 5.97 Å². The summed E-state index contributed by atoms with van der Waals surface area (Å²) in [5.41, 5.74) is 3.87. The fourth-order valence-electron chi connectivity index (χ4n) is 2.67. The van der Waals surface area contributed by atoms with Crippen LogP contribution >= 0.6 is 0 Å². The van der Waals surface area contributed by atoms with Crippen LogP contribution < -0.4 is 0 Å². The van der Waals surface area contributed by atoms with Crippen LogP contribution in [-0.2, 0) is 4.79 Å². The number of aliphatic carboxylic acids is 1. The molecule has 0 spiro atoms. The molecule has 1 unspecified atom stereocenters. The highest BCUT2D eigenvalue weighted by atomic mass is 16.4. The van der Waals surface area contributed by atoms with E-state index >= 15 is 0 Å². The Balaban J connectivity index is 2.12. The molecule has 1 aliphatic carbocycles. The topological polar surface area (TPSA) is 37.3 Å². The molecule has 1 aliphatic rings. The van der Waals surface area contributed by atoms with E-state index in [1.54, 1.807) is 6.08 Å². The highest BCUT2D eigenvalue weighted by Crippen LogP contribution is 2.38. The predicted molar refractivity (Wildman–Crippen MR) is 75.0 cm³/mol. The Bertz CT molecular complexity index is 641. The van der Waals surface area contributed by atoms with Crippen molar-refractivity contribution in [1.29, 1.82) is 0 Å². The third-order valence-electron chi connectivity index (χ3n) is 3.60. The summed E-state index contributed by atoms with van der Waals surface area (Å²) in [5, 5.41) is 9.26. The highest BCUT2D eigenvalue weighted by Gasteiger charge is 2.25. The van der Waals surface area contributed by atoms with Gasteiger partial charge in [-0.25, -0.2) is 4.79 Å². The van der Waals surface area contributed by atoms with Crippen molar-refractivity contribution in [2.45, 2.75) is 12.3 Å². The average molecular weight is 250 g/mol. The predicted octanol–water partition coefficient (Wildman–Crippen LogP) is 3.69. The SMILES string of the molecule is O=C(O)C1=Cc2ccccc2C(c2ccccc2)C1. The largest absolute Gasteiger partial charge is 0.478 e. The Morgan fingerprint density at radius 3 is 2.42 bits per heavy atom. The summed E-state index contributed by atoms with van der Waals surface area (Å²) >= 11 is 0. The van der Waals surface area contributed by atoms with Gasteiger partial charge in [0.1, 0.15) is 0 Å². The fraction of sp³-hybridized carbons (Fsp3) is 0.118. The molecule has 2 heteroatoms. The van der Waals surface area contributed by atoms with Gasteiger partial charge in [0, 0.05) is 11.5 Å². The highest BCUT2D eigenvalue weighted by molar-refractivity contribution is 5.93. The van der Waals surface area contributed by atoms with Crippen molar-refractivity contribution in [2.24, 2.45) is 0 Å². The molecule has 0 fully saturated rings. The standard InChI is InChI=1S/C17H14O2/c18-17(19)14-10-13-8-4-5-9-15(13)16(11-14)12-6-2-1-3-7-12/h1-10,16H,11H2,(H,18,19). The molecule has 0 saturated heterocycles. The molecule has 0 bridgehead atoms. The lowest BCUT2D eigenvalue weighted by Crippen LogP contribution is -2.13. The lowest BCUT2D eigenvalue weighted by molar-refractivity contribution is -0.132. The number of carbonyl (C=O) groups is 1. The third kappa shape index (κ3) is 2.17. The first-order valence-electron chi connectivity index (χ1n) is 6.33. The molecule has 94 valence electrons. The third-order valence-corrected chi connectivity index (χ3v) is 3.60. The minimum atomic E-state index is -0.824. The Morgan fingerprint density at radius 1 is 1.00 bits per heavy atom. The first kappa shape index (κ1) is 11.7. The number of carboxylic acid groups (broad SMARTS) is 1. The zero-order chi connectivity index (χ0) is 13.2. The molecule has 3 rings (SSSR count). The summed E-state index contributed by atoms with van der Waals surface area (Å²) in [6.45, 7) is 0. The van der Waals surface area contributed by atoms with Crippen LogP contribution in [0.2, 0.25) is 0 Å².